The van der Waals surface area contributed by atoms with Crippen molar-refractivity contribution in [3.8, 4) is 0 Å². The molecule has 1 rings (SSSR count). The van der Waals surface area contributed by atoms with Crippen molar-refractivity contribution in [1.82, 2.24) is 0 Å². The van der Waals surface area contributed by atoms with Crippen molar-refractivity contribution in [2.45, 2.75) is 13.0 Å². The number of carbonyl (C=O) groups is 1. The first-order valence-electron chi connectivity index (χ1n) is 4.60. The third-order valence-electron chi connectivity index (χ3n) is 2.00. The Balaban J connectivity index is 2.92. The third-order valence-corrected chi connectivity index (χ3v) is 2.00. The Morgan fingerprint density at radius 2 is 2.27 bits per heavy atom. The zero-order valence-corrected chi connectivity index (χ0v) is 8.46. The van der Waals surface area contributed by atoms with E-state index in [1.807, 2.05) is 6.92 Å². The van der Waals surface area contributed by atoms with E-state index >= 15 is 0 Å². The molecule has 0 fully saturated rings. The first-order valence-corrected chi connectivity index (χ1v) is 4.60. The fourth-order valence-corrected chi connectivity index (χ4v) is 1.15. The van der Waals surface area contributed by atoms with Crippen molar-refractivity contribution in [3.05, 3.63) is 29.6 Å². The van der Waals surface area contributed by atoms with E-state index in [-0.39, 0.29) is 11.6 Å². The van der Waals surface area contributed by atoms with Crippen LogP contribution in [0.15, 0.2) is 18.2 Å². The minimum atomic E-state index is -0.781. The monoisotopic (exact) mass is 211 g/mol. The summed E-state index contributed by atoms with van der Waals surface area (Å²) in [6.45, 7) is 2.33. The van der Waals surface area contributed by atoms with Gasteiger partial charge in [0.25, 0.3) is 5.91 Å². The Hall–Kier alpha value is -1.62. The number of hydrogen-bond donors (Lipinski definition) is 3. The molecule has 1 atom stereocenters. The second-order valence-electron chi connectivity index (χ2n) is 3.34. The zero-order valence-electron chi connectivity index (χ0n) is 8.46. The zero-order chi connectivity index (χ0) is 11.4. The molecule has 1 unspecified atom stereocenters. The molecule has 82 valence electrons. The van der Waals surface area contributed by atoms with Gasteiger partial charge in [-0.15, -0.1) is 0 Å². The quantitative estimate of drug-likeness (QED) is 0.685. The molecule has 0 bridgehead atoms. The molecule has 1 aromatic carbocycles. The van der Waals surface area contributed by atoms with Crippen molar-refractivity contribution in [3.63, 3.8) is 0 Å². The van der Waals surface area contributed by atoms with Crippen LogP contribution in [0, 0.1) is 5.82 Å². The molecular weight excluding hydrogens is 197 g/mol. The Labute approximate surface area is 87.4 Å². The predicted molar refractivity (Wildman–Crippen MR) is 57.1 cm³/mol. The molecule has 5 N–H and O–H groups in total. The van der Waals surface area contributed by atoms with Crippen LogP contribution in [0.2, 0.25) is 0 Å². The van der Waals surface area contributed by atoms with Crippen LogP contribution < -0.4 is 16.8 Å². The lowest BCUT2D eigenvalue weighted by molar-refractivity contribution is 0.0996. The number of hydrogen-bond acceptors (Lipinski definition) is 3. The van der Waals surface area contributed by atoms with E-state index in [1.165, 1.54) is 18.2 Å². The standard InChI is InChI=1S/C10H14FN3O/c1-6(5-12)14-7-2-3-9(11)8(4-7)10(13)15/h2-4,6,14H,5,12H2,1H3,(H2,13,15). The van der Waals surface area contributed by atoms with Crippen LogP contribution >= 0.6 is 0 Å². The maximum atomic E-state index is 13.1. The summed E-state index contributed by atoms with van der Waals surface area (Å²) < 4.78 is 13.1. The van der Waals surface area contributed by atoms with Gasteiger partial charge in [0, 0.05) is 18.3 Å². The number of halogens is 1. The van der Waals surface area contributed by atoms with Crippen LogP contribution in [0.3, 0.4) is 0 Å². The van der Waals surface area contributed by atoms with E-state index in [2.05, 4.69) is 5.32 Å². The first kappa shape index (κ1) is 11.5. The molecule has 0 aliphatic rings. The maximum Gasteiger partial charge on any atom is 0.251 e. The van der Waals surface area contributed by atoms with Crippen molar-refractivity contribution in [1.29, 1.82) is 0 Å². The largest absolute Gasteiger partial charge is 0.381 e. The van der Waals surface area contributed by atoms with Crippen molar-refractivity contribution < 1.29 is 9.18 Å². The van der Waals surface area contributed by atoms with Crippen LogP contribution in [0.25, 0.3) is 0 Å². The summed E-state index contributed by atoms with van der Waals surface area (Å²) in [7, 11) is 0. The molecule has 15 heavy (non-hydrogen) atoms. The molecule has 0 aromatic heterocycles. The van der Waals surface area contributed by atoms with Gasteiger partial charge in [0.2, 0.25) is 0 Å². The van der Waals surface area contributed by atoms with Gasteiger partial charge in [-0.2, -0.15) is 0 Å². The normalized spacial score (nSPS) is 12.2. The number of nitrogens with one attached hydrogen (secondary N) is 1. The third kappa shape index (κ3) is 2.92. The van der Waals surface area contributed by atoms with E-state index in [0.29, 0.717) is 12.2 Å². The number of nitrogens with two attached hydrogens (primary N) is 2. The first-order chi connectivity index (χ1) is 7.04. The summed E-state index contributed by atoms with van der Waals surface area (Å²) in [6.07, 6.45) is 0. The van der Waals surface area contributed by atoms with Crippen LogP contribution in [-0.4, -0.2) is 18.5 Å². The molecule has 0 heterocycles. The maximum absolute atomic E-state index is 13.1. The highest BCUT2D eigenvalue weighted by Crippen LogP contribution is 2.14. The molecular formula is C10H14FN3O. The van der Waals surface area contributed by atoms with Gasteiger partial charge in [-0.25, -0.2) is 4.39 Å². The highest BCUT2D eigenvalue weighted by atomic mass is 19.1. The lowest BCUT2D eigenvalue weighted by atomic mass is 10.1. The van der Waals surface area contributed by atoms with E-state index in [9.17, 15) is 9.18 Å². The number of primary amides is 1. The summed E-state index contributed by atoms with van der Waals surface area (Å²) in [6, 6.07) is 4.17. The van der Waals surface area contributed by atoms with Crippen molar-refractivity contribution in [2.24, 2.45) is 11.5 Å². The number of carbonyl (C=O) groups excluding carboxylic acids is 1. The second-order valence-corrected chi connectivity index (χ2v) is 3.34. The summed E-state index contributed by atoms with van der Waals surface area (Å²) >= 11 is 0. The summed E-state index contributed by atoms with van der Waals surface area (Å²) in [4.78, 5) is 10.9. The lowest BCUT2D eigenvalue weighted by Crippen LogP contribution is -2.25. The Kier molecular flexibility index (Phi) is 3.62. The summed E-state index contributed by atoms with van der Waals surface area (Å²) in [5.74, 6) is -1.40. The topological polar surface area (TPSA) is 81.1 Å². The Bertz CT molecular complexity index is 368. The predicted octanol–water partition coefficient (Wildman–Crippen LogP) is 0.684. The fourth-order valence-electron chi connectivity index (χ4n) is 1.15. The van der Waals surface area contributed by atoms with Gasteiger partial charge in [-0.05, 0) is 25.1 Å². The van der Waals surface area contributed by atoms with Crippen LogP contribution in [0.5, 0.6) is 0 Å². The van der Waals surface area contributed by atoms with Gasteiger partial charge >= 0.3 is 0 Å². The van der Waals surface area contributed by atoms with Gasteiger partial charge in [0.15, 0.2) is 0 Å². The number of amides is 1. The van der Waals surface area contributed by atoms with E-state index < -0.39 is 11.7 Å². The molecule has 5 heteroatoms. The molecule has 1 amide bonds. The molecule has 0 aliphatic carbocycles. The van der Waals surface area contributed by atoms with E-state index in [0.717, 1.165) is 0 Å². The molecule has 0 radical (unpaired) electrons. The minimum absolute atomic E-state index is 0.0520. The summed E-state index contributed by atoms with van der Waals surface area (Å²) in [5, 5.41) is 3.01. The molecule has 0 spiro atoms. The number of rotatable bonds is 4. The van der Waals surface area contributed by atoms with Crippen molar-refractivity contribution in [2.75, 3.05) is 11.9 Å². The van der Waals surface area contributed by atoms with Gasteiger partial charge in [0.1, 0.15) is 5.82 Å². The Morgan fingerprint density at radius 1 is 1.60 bits per heavy atom. The van der Waals surface area contributed by atoms with E-state index in [4.69, 9.17) is 11.5 Å². The smallest absolute Gasteiger partial charge is 0.251 e. The number of benzene rings is 1. The molecule has 4 nitrogen and oxygen atoms in total. The highest BCUT2D eigenvalue weighted by molar-refractivity contribution is 5.94. The average Bonchev–Trinajstić information content (AvgIpc) is 2.20. The van der Waals surface area contributed by atoms with Crippen LogP contribution in [0.4, 0.5) is 10.1 Å². The molecule has 1 aromatic rings. The van der Waals surface area contributed by atoms with Crippen LogP contribution in [-0.2, 0) is 0 Å². The molecule has 0 aliphatic heterocycles. The fraction of sp³-hybridized carbons (Fsp3) is 0.300. The average molecular weight is 211 g/mol. The lowest BCUT2D eigenvalue weighted by Gasteiger charge is -2.13. The SMILES string of the molecule is CC(CN)Nc1ccc(F)c(C(N)=O)c1. The second kappa shape index (κ2) is 4.75. The van der Waals surface area contributed by atoms with Gasteiger partial charge in [-0.3, -0.25) is 4.79 Å². The number of anilines is 1. The van der Waals surface area contributed by atoms with E-state index in [1.54, 1.807) is 0 Å². The van der Waals surface area contributed by atoms with Crippen LogP contribution in [0.1, 0.15) is 17.3 Å². The minimum Gasteiger partial charge on any atom is -0.381 e. The Morgan fingerprint density at radius 3 is 2.80 bits per heavy atom. The highest BCUT2D eigenvalue weighted by Gasteiger charge is 2.09. The summed E-state index contributed by atoms with van der Waals surface area (Å²) in [5.41, 5.74) is 10.9. The molecule has 0 saturated carbocycles. The van der Waals surface area contributed by atoms with Gasteiger partial charge in [0.05, 0.1) is 5.56 Å². The molecule has 0 saturated heterocycles. The van der Waals surface area contributed by atoms with Crippen molar-refractivity contribution >= 4 is 11.6 Å². The van der Waals surface area contributed by atoms with Gasteiger partial charge < -0.3 is 16.8 Å². The van der Waals surface area contributed by atoms with Gasteiger partial charge in [-0.1, -0.05) is 0 Å².